The van der Waals surface area contributed by atoms with Gasteiger partial charge in [-0.1, -0.05) is 0 Å². The van der Waals surface area contributed by atoms with Gasteiger partial charge in [0.15, 0.2) is 0 Å². The number of aryl methyl sites for hydroxylation is 1. The van der Waals surface area contributed by atoms with Crippen molar-refractivity contribution in [3.63, 3.8) is 0 Å². The van der Waals surface area contributed by atoms with E-state index in [-0.39, 0.29) is 11.9 Å². The second-order valence-corrected chi connectivity index (χ2v) is 3.95. The van der Waals surface area contributed by atoms with Crippen molar-refractivity contribution in [3.8, 4) is 5.88 Å². The third-order valence-electron chi connectivity index (χ3n) is 2.71. The van der Waals surface area contributed by atoms with Crippen molar-refractivity contribution in [1.82, 2.24) is 4.98 Å². The lowest BCUT2D eigenvalue weighted by molar-refractivity contribution is -0.117. The van der Waals surface area contributed by atoms with Crippen molar-refractivity contribution >= 4 is 11.6 Å². The molecule has 0 spiro atoms. The number of hydrogen-bond donors (Lipinski definition) is 1. The van der Waals surface area contributed by atoms with Gasteiger partial charge in [-0.3, -0.25) is 4.79 Å². The van der Waals surface area contributed by atoms with Gasteiger partial charge in [0.25, 0.3) is 0 Å². The van der Waals surface area contributed by atoms with Crippen LogP contribution in [0.15, 0.2) is 12.3 Å². The van der Waals surface area contributed by atoms with E-state index >= 15 is 0 Å². The molecule has 1 fully saturated rings. The number of carbonyl (C=O) groups excluding carboxylic acids is 1. The minimum atomic E-state index is -0.100. The van der Waals surface area contributed by atoms with E-state index in [1.54, 1.807) is 18.2 Å². The Kier molecular flexibility index (Phi) is 2.78. The van der Waals surface area contributed by atoms with Crippen molar-refractivity contribution in [1.29, 1.82) is 0 Å². The van der Waals surface area contributed by atoms with Crippen molar-refractivity contribution in [3.05, 3.63) is 17.8 Å². The van der Waals surface area contributed by atoms with Crippen molar-refractivity contribution in [2.45, 2.75) is 19.4 Å². The predicted octanol–water partition coefficient (Wildman–Crippen LogP) is 0.463. The zero-order valence-corrected chi connectivity index (χ0v) is 9.43. The molecule has 0 saturated carbocycles. The van der Waals surface area contributed by atoms with Crippen LogP contribution in [0, 0.1) is 6.92 Å². The first-order valence-corrected chi connectivity index (χ1v) is 5.19. The molecule has 5 heteroatoms. The summed E-state index contributed by atoms with van der Waals surface area (Å²) in [7, 11) is 1.55. The molecule has 2 N–H and O–H groups in total. The molecule has 0 aromatic carbocycles. The van der Waals surface area contributed by atoms with Gasteiger partial charge in [-0.2, -0.15) is 0 Å². The molecular formula is C11H15N3O2. The molecule has 86 valence electrons. The largest absolute Gasteiger partial charge is 0.480 e. The number of methoxy groups -OCH3 is 1. The molecule has 2 rings (SSSR count). The molecule has 1 unspecified atom stereocenters. The first-order chi connectivity index (χ1) is 7.63. The number of anilines is 1. The molecular weight excluding hydrogens is 206 g/mol. The normalized spacial score (nSPS) is 20.3. The van der Waals surface area contributed by atoms with E-state index < -0.39 is 0 Å². The second-order valence-electron chi connectivity index (χ2n) is 3.95. The Labute approximate surface area is 94.2 Å². The minimum absolute atomic E-state index is 0.0295. The smallest absolute Gasteiger partial charge is 0.237 e. The third-order valence-corrected chi connectivity index (χ3v) is 2.71. The maximum Gasteiger partial charge on any atom is 0.237 e. The molecule has 16 heavy (non-hydrogen) atoms. The molecule has 1 saturated heterocycles. The van der Waals surface area contributed by atoms with Crippen LogP contribution in [0.25, 0.3) is 0 Å². The summed E-state index contributed by atoms with van der Waals surface area (Å²) in [6.07, 6.45) is 2.05. The van der Waals surface area contributed by atoms with Gasteiger partial charge >= 0.3 is 0 Å². The van der Waals surface area contributed by atoms with Crippen LogP contribution < -0.4 is 15.4 Å². The van der Waals surface area contributed by atoms with Crippen molar-refractivity contribution in [2.24, 2.45) is 5.73 Å². The van der Waals surface area contributed by atoms with Gasteiger partial charge in [0, 0.05) is 25.2 Å². The fourth-order valence-electron chi connectivity index (χ4n) is 1.95. The Balaban J connectivity index is 2.43. The van der Waals surface area contributed by atoms with E-state index in [4.69, 9.17) is 10.5 Å². The van der Waals surface area contributed by atoms with Gasteiger partial charge in [0.1, 0.15) is 5.69 Å². The number of carbonyl (C=O) groups is 1. The van der Waals surface area contributed by atoms with E-state index in [1.807, 2.05) is 13.0 Å². The monoisotopic (exact) mass is 221 g/mol. The number of ether oxygens (including phenoxy) is 1. The molecule has 0 aliphatic carbocycles. The molecule has 1 aromatic rings. The third kappa shape index (κ3) is 1.74. The van der Waals surface area contributed by atoms with Gasteiger partial charge in [-0.25, -0.2) is 4.98 Å². The molecule has 1 aliphatic rings. The van der Waals surface area contributed by atoms with Crippen molar-refractivity contribution < 1.29 is 9.53 Å². The molecule has 1 amide bonds. The van der Waals surface area contributed by atoms with E-state index in [1.165, 1.54) is 0 Å². The Morgan fingerprint density at radius 2 is 2.38 bits per heavy atom. The highest BCUT2D eigenvalue weighted by atomic mass is 16.5. The summed E-state index contributed by atoms with van der Waals surface area (Å²) < 4.78 is 5.18. The van der Waals surface area contributed by atoms with Crippen LogP contribution in [0.3, 0.4) is 0 Å². The van der Waals surface area contributed by atoms with E-state index in [2.05, 4.69) is 4.98 Å². The highest BCUT2D eigenvalue weighted by Crippen LogP contribution is 2.32. The van der Waals surface area contributed by atoms with E-state index in [0.29, 0.717) is 18.8 Å². The van der Waals surface area contributed by atoms with Gasteiger partial charge in [-0.15, -0.1) is 0 Å². The molecule has 0 bridgehead atoms. The fraction of sp³-hybridized carbons (Fsp3) is 0.455. The second kappa shape index (κ2) is 4.09. The number of hydrogen-bond acceptors (Lipinski definition) is 4. The molecule has 0 radical (unpaired) electrons. The van der Waals surface area contributed by atoms with Gasteiger partial charge < -0.3 is 15.4 Å². The summed E-state index contributed by atoms with van der Waals surface area (Å²) in [6, 6.07) is 1.76. The Bertz CT molecular complexity index is 420. The molecule has 1 aliphatic heterocycles. The Morgan fingerprint density at radius 3 is 2.94 bits per heavy atom. The summed E-state index contributed by atoms with van der Waals surface area (Å²) in [5.41, 5.74) is 7.48. The van der Waals surface area contributed by atoms with E-state index in [0.717, 1.165) is 11.3 Å². The number of nitrogens with two attached hydrogens (primary N) is 1. The van der Waals surface area contributed by atoms with Crippen LogP contribution in [-0.2, 0) is 4.79 Å². The summed E-state index contributed by atoms with van der Waals surface area (Å²) in [6.45, 7) is 2.46. The Morgan fingerprint density at radius 1 is 1.62 bits per heavy atom. The summed E-state index contributed by atoms with van der Waals surface area (Å²) in [4.78, 5) is 17.5. The molecule has 2 heterocycles. The van der Waals surface area contributed by atoms with Gasteiger partial charge in [0.2, 0.25) is 11.8 Å². The standard InChI is InChI=1S/C11H15N3O2/c1-7-3-4-13-11(16-2)10(7)14-6-8(12)5-9(14)15/h3-4,8H,5-6,12H2,1-2H3. The van der Waals surface area contributed by atoms with Crippen LogP contribution in [0.4, 0.5) is 5.69 Å². The summed E-state index contributed by atoms with van der Waals surface area (Å²) in [5.74, 6) is 0.504. The van der Waals surface area contributed by atoms with Crippen LogP contribution >= 0.6 is 0 Å². The predicted molar refractivity (Wildman–Crippen MR) is 60.5 cm³/mol. The fourth-order valence-corrected chi connectivity index (χ4v) is 1.95. The lowest BCUT2D eigenvalue weighted by atomic mass is 10.2. The zero-order chi connectivity index (χ0) is 11.7. The zero-order valence-electron chi connectivity index (χ0n) is 9.43. The maximum absolute atomic E-state index is 11.8. The number of amides is 1. The minimum Gasteiger partial charge on any atom is -0.480 e. The lowest BCUT2D eigenvalue weighted by Crippen LogP contribution is -2.29. The SMILES string of the molecule is COc1nccc(C)c1N1CC(N)CC1=O. The van der Waals surface area contributed by atoms with Crippen LogP contribution in [0.1, 0.15) is 12.0 Å². The van der Waals surface area contributed by atoms with E-state index in [9.17, 15) is 4.79 Å². The first-order valence-electron chi connectivity index (χ1n) is 5.19. The lowest BCUT2D eigenvalue weighted by Gasteiger charge is -2.20. The number of pyridine rings is 1. The number of nitrogens with zero attached hydrogens (tertiary/aromatic N) is 2. The van der Waals surface area contributed by atoms with Crippen LogP contribution in [0.2, 0.25) is 0 Å². The van der Waals surface area contributed by atoms with Crippen LogP contribution in [0.5, 0.6) is 5.88 Å². The highest BCUT2D eigenvalue weighted by molar-refractivity contribution is 5.98. The van der Waals surface area contributed by atoms with Gasteiger partial charge in [-0.05, 0) is 18.6 Å². The quantitative estimate of drug-likeness (QED) is 0.788. The molecule has 5 nitrogen and oxygen atoms in total. The maximum atomic E-state index is 11.8. The van der Waals surface area contributed by atoms with Crippen molar-refractivity contribution in [2.75, 3.05) is 18.6 Å². The topological polar surface area (TPSA) is 68.4 Å². The van der Waals surface area contributed by atoms with Crippen LogP contribution in [-0.4, -0.2) is 30.6 Å². The average molecular weight is 221 g/mol. The molecule has 1 aromatic heterocycles. The Hall–Kier alpha value is -1.62. The summed E-state index contributed by atoms with van der Waals surface area (Å²) in [5, 5.41) is 0. The van der Waals surface area contributed by atoms with Gasteiger partial charge in [0.05, 0.1) is 7.11 Å². The summed E-state index contributed by atoms with van der Waals surface area (Å²) >= 11 is 0. The first kappa shape index (κ1) is 10.9. The average Bonchev–Trinajstić information content (AvgIpc) is 2.57. The number of rotatable bonds is 2. The highest BCUT2D eigenvalue weighted by Gasteiger charge is 2.31. The number of aromatic nitrogens is 1. The molecule has 1 atom stereocenters.